The third-order valence-electron chi connectivity index (χ3n) is 4.25. The van der Waals surface area contributed by atoms with Gasteiger partial charge >= 0.3 is 0 Å². The third kappa shape index (κ3) is 2.12. The zero-order valence-corrected chi connectivity index (χ0v) is 13.5. The molecule has 1 aromatic carbocycles. The number of benzene rings is 1. The van der Waals surface area contributed by atoms with Gasteiger partial charge in [-0.2, -0.15) is 4.52 Å². The van der Waals surface area contributed by atoms with Crippen LogP contribution in [0.4, 0.5) is 5.82 Å². The number of hydrogen-bond donors (Lipinski definition) is 2. The summed E-state index contributed by atoms with van der Waals surface area (Å²) in [6.45, 7) is 0.192. The lowest BCUT2D eigenvalue weighted by Gasteiger charge is -2.05. The van der Waals surface area contributed by atoms with E-state index in [2.05, 4.69) is 15.1 Å². The van der Waals surface area contributed by atoms with Crippen LogP contribution < -0.4 is 20.8 Å². The van der Waals surface area contributed by atoms with E-state index in [1.807, 2.05) is 36.4 Å². The van der Waals surface area contributed by atoms with Gasteiger partial charge in [0.2, 0.25) is 6.79 Å². The van der Waals surface area contributed by atoms with Crippen LogP contribution in [0.25, 0.3) is 28.2 Å². The summed E-state index contributed by atoms with van der Waals surface area (Å²) in [4.78, 5) is 20.1. The van der Waals surface area contributed by atoms with E-state index in [-0.39, 0.29) is 18.2 Å². The Labute approximate surface area is 146 Å². The number of nitrogen functional groups attached to an aromatic ring is 1. The zero-order chi connectivity index (χ0) is 17.7. The van der Waals surface area contributed by atoms with Gasteiger partial charge in [0, 0.05) is 17.8 Å². The largest absolute Gasteiger partial charge is 0.454 e. The van der Waals surface area contributed by atoms with Crippen molar-refractivity contribution in [3.8, 4) is 34.0 Å². The van der Waals surface area contributed by atoms with Crippen LogP contribution in [0.1, 0.15) is 0 Å². The molecule has 1 aliphatic heterocycles. The van der Waals surface area contributed by atoms with Crippen molar-refractivity contribution in [2.75, 3.05) is 12.5 Å². The fourth-order valence-corrected chi connectivity index (χ4v) is 3.04. The molecular formula is C18H13N5O3. The van der Waals surface area contributed by atoms with Crippen molar-refractivity contribution < 1.29 is 9.47 Å². The first-order chi connectivity index (χ1) is 12.7. The molecule has 0 fully saturated rings. The van der Waals surface area contributed by atoms with E-state index in [1.165, 1.54) is 10.6 Å². The van der Waals surface area contributed by atoms with Gasteiger partial charge in [-0.15, -0.1) is 5.10 Å². The van der Waals surface area contributed by atoms with E-state index in [9.17, 15) is 4.79 Å². The van der Waals surface area contributed by atoms with Crippen molar-refractivity contribution in [2.45, 2.75) is 0 Å². The third-order valence-corrected chi connectivity index (χ3v) is 4.25. The number of hydrogen-bond acceptors (Lipinski definition) is 6. The van der Waals surface area contributed by atoms with E-state index in [0.29, 0.717) is 34.1 Å². The minimum absolute atomic E-state index is 0.192. The lowest BCUT2D eigenvalue weighted by atomic mass is 10.1. The SMILES string of the molecule is Nc1nn2c(=O)cc(-c3ccc4c(c3)OCO4)[nH]c2c1-c1ccccn1. The molecule has 0 amide bonds. The van der Waals surface area contributed by atoms with Gasteiger partial charge in [-0.05, 0) is 30.3 Å². The maximum Gasteiger partial charge on any atom is 0.274 e. The number of nitrogens with two attached hydrogens (primary N) is 1. The summed E-state index contributed by atoms with van der Waals surface area (Å²) in [7, 11) is 0. The van der Waals surface area contributed by atoms with Crippen molar-refractivity contribution in [3.63, 3.8) is 0 Å². The van der Waals surface area contributed by atoms with Crippen LogP contribution in [-0.4, -0.2) is 26.4 Å². The number of ether oxygens (including phenoxy) is 2. The van der Waals surface area contributed by atoms with Gasteiger partial charge in [0.15, 0.2) is 17.3 Å². The van der Waals surface area contributed by atoms with Crippen LogP contribution >= 0.6 is 0 Å². The highest BCUT2D eigenvalue weighted by Crippen LogP contribution is 2.35. The van der Waals surface area contributed by atoms with Gasteiger partial charge in [-0.1, -0.05) is 6.07 Å². The van der Waals surface area contributed by atoms with Crippen LogP contribution in [0.2, 0.25) is 0 Å². The number of H-pyrrole nitrogens is 1. The van der Waals surface area contributed by atoms with E-state index in [0.717, 1.165) is 5.56 Å². The Kier molecular flexibility index (Phi) is 2.99. The number of rotatable bonds is 2. The molecule has 0 saturated carbocycles. The first-order valence-corrected chi connectivity index (χ1v) is 7.94. The Balaban J connectivity index is 1.75. The molecule has 0 radical (unpaired) electrons. The number of pyridine rings is 1. The van der Waals surface area contributed by atoms with Crippen LogP contribution in [0.3, 0.4) is 0 Å². The molecule has 26 heavy (non-hydrogen) atoms. The molecule has 0 saturated heterocycles. The zero-order valence-electron chi connectivity index (χ0n) is 13.5. The molecule has 3 N–H and O–H groups in total. The van der Waals surface area contributed by atoms with E-state index in [1.54, 1.807) is 6.20 Å². The quantitative estimate of drug-likeness (QED) is 0.575. The molecule has 4 aromatic rings. The molecule has 5 rings (SSSR count). The van der Waals surface area contributed by atoms with Gasteiger partial charge in [-0.3, -0.25) is 9.78 Å². The summed E-state index contributed by atoms with van der Waals surface area (Å²) < 4.78 is 12.0. The van der Waals surface area contributed by atoms with E-state index in [4.69, 9.17) is 15.2 Å². The maximum atomic E-state index is 12.6. The second-order valence-electron chi connectivity index (χ2n) is 5.82. The predicted molar refractivity (Wildman–Crippen MR) is 95.0 cm³/mol. The molecule has 0 aliphatic carbocycles. The molecular weight excluding hydrogens is 334 g/mol. The fourth-order valence-electron chi connectivity index (χ4n) is 3.04. The Hall–Kier alpha value is -3.81. The van der Waals surface area contributed by atoms with Crippen molar-refractivity contribution >= 4 is 11.5 Å². The van der Waals surface area contributed by atoms with E-state index < -0.39 is 0 Å². The van der Waals surface area contributed by atoms with Crippen molar-refractivity contribution in [1.82, 2.24) is 19.6 Å². The number of aromatic nitrogens is 4. The number of nitrogens with one attached hydrogen (secondary N) is 1. The Morgan fingerprint density at radius 1 is 1.12 bits per heavy atom. The van der Waals surface area contributed by atoms with Gasteiger partial charge in [0.25, 0.3) is 5.56 Å². The average Bonchev–Trinajstić information content (AvgIpc) is 3.25. The van der Waals surface area contributed by atoms with Gasteiger partial charge in [0.1, 0.15) is 5.65 Å². The summed E-state index contributed by atoms with van der Waals surface area (Å²) in [5.74, 6) is 1.56. The lowest BCUT2D eigenvalue weighted by Crippen LogP contribution is -2.14. The predicted octanol–water partition coefficient (Wildman–Crippen LogP) is 2.06. The van der Waals surface area contributed by atoms with Gasteiger partial charge in [0.05, 0.1) is 17.0 Å². The van der Waals surface area contributed by atoms with E-state index >= 15 is 0 Å². The minimum atomic E-state index is -0.291. The number of nitrogens with zero attached hydrogens (tertiary/aromatic N) is 3. The smallest absolute Gasteiger partial charge is 0.274 e. The standard InChI is InChI=1S/C18H13N5O3/c19-17-16(11-3-1-2-6-20-11)18-21-12(8-15(24)23(18)22-17)10-4-5-13-14(7-10)26-9-25-13/h1-8,21H,9H2,(H2,19,22). The lowest BCUT2D eigenvalue weighted by molar-refractivity contribution is 0.174. The Morgan fingerprint density at radius 3 is 2.85 bits per heavy atom. The molecule has 0 unspecified atom stereocenters. The Morgan fingerprint density at radius 2 is 2.00 bits per heavy atom. The Bertz CT molecular complexity index is 1200. The minimum Gasteiger partial charge on any atom is -0.454 e. The summed E-state index contributed by atoms with van der Waals surface area (Å²) >= 11 is 0. The highest BCUT2D eigenvalue weighted by Gasteiger charge is 2.18. The van der Waals surface area contributed by atoms with Gasteiger partial charge < -0.3 is 20.2 Å². The number of fused-ring (bicyclic) bond motifs is 2. The van der Waals surface area contributed by atoms with Gasteiger partial charge in [-0.25, -0.2) is 0 Å². The molecule has 0 spiro atoms. The topological polar surface area (TPSA) is 108 Å². The van der Waals surface area contributed by atoms with Crippen molar-refractivity contribution in [3.05, 3.63) is 59.0 Å². The maximum absolute atomic E-state index is 12.6. The summed E-state index contributed by atoms with van der Waals surface area (Å²) in [5.41, 5.74) is 8.89. The van der Waals surface area contributed by atoms with Crippen LogP contribution in [0.15, 0.2) is 53.5 Å². The molecule has 8 heteroatoms. The number of aromatic amines is 1. The molecule has 8 nitrogen and oxygen atoms in total. The van der Waals surface area contributed by atoms with Crippen LogP contribution in [0.5, 0.6) is 11.5 Å². The highest BCUT2D eigenvalue weighted by atomic mass is 16.7. The molecule has 0 atom stereocenters. The highest BCUT2D eigenvalue weighted by molar-refractivity contribution is 5.85. The van der Waals surface area contributed by atoms with Crippen LogP contribution in [0, 0.1) is 0 Å². The van der Waals surface area contributed by atoms with Crippen LogP contribution in [-0.2, 0) is 0 Å². The molecule has 128 valence electrons. The summed E-state index contributed by atoms with van der Waals surface area (Å²) in [5, 5.41) is 4.15. The first kappa shape index (κ1) is 14.5. The average molecular weight is 347 g/mol. The monoisotopic (exact) mass is 347 g/mol. The molecule has 4 heterocycles. The summed E-state index contributed by atoms with van der Waals surface area (Å²) in [6, 6.07) is 12.4. The van der Waals surface area contributed by atoms with Crippen molar-refractivity contribution in [2.24, 2.45) is 0 Å². The summed E-state index contributed by atoms with van der Waals surface area (Å²) in [6.07, 6.45) is 1.66. The normalized spacial score (nSPS) is 12.6. The molecule has 3 aromatic heterocycles. The second kappa shape index (κ2) is 5.35. The van der Waals surface area contributed by atoms with Crippen molar-refractivity contribution in [1.29, 1.82) is 0 Å². The second-order valence-corrected chi connectivity index (χ2v) is 5.82. The fraction of sp³-hybridized carbons (Fsp3) is 0.0556. The first-order valence-electron chi connectivity index (χ1n) is 7.94. The number of anilines is 1. The molecule has 1 aliphatic rings. The molecule has 0 bridgehead atoms.